The van der Waals surface area contributed by atoms with Crippen LogP contribution in [0.25, 0.3) is 0 Å². The molecule has 146 valence electrons. The SMILES string of the molecule is Cc1cc(C)cc(N(CCCC(=O)NC(C)c2ccccc2)S(C)(=O)=O)c1. The van der Waals surface area contributed by atoms with Gasteiger partial charge < -0.3 is 5.32 Å². The van der Waals surface area contributed by atoms with Gasteiger partial charge in [-0.25, -0.2) is 8.42 Å². The number of sulfonamides is 1. The number of carbonyl (C=O) groups excluding carboxylic acids is 1. The minimum atomic E-state index is -3.41. The zero-order valence-electron chi connectivity index (χ0n) is 16.4. The van der Waals surface area contributed by atoms with Gasteiger partial charge in [0.15, 0.2) is 0 Å². The van der Waals surface area contributed by atoms with Gasteiger partial charge in [0, 0.05) is 13.0 Å². The molecule has 1 N–H and O–H groups in total. The normalized spacial score (nSPS) is 12.4. The molecule has 27 heavy (non-hydrogen) atoms. The summed E-state index contributed by atoms with van der Waals surface area (Å²) < 4.78 is 25.8. The second kappa shape index (κ2) is 9.04. The molecule has 0 radical (unpaired) electrons. The van der Waals surface area contributed by atoms with Gasteiger partial charge in [0.1, 0.15) is 0 Å². The van der Waals surface area contributed by atoms with Crippen molar-refractivity contribution in [2.45, 2.75) is 39.7 Å². The van der Waals surface area contributed by atoms with Gasteiger partial charge in [0.25, 0.3) is 0 Å². The fourth-order valence-corrected chi connectivity index (χ4v) is 4.05. The quantitative estimate of drug-likeness (QED) is 0.749. The molecule has 1 amide bonds. The number of anilines is 1. The third kappa shape index (κ3) is 6.40. The molecule has 0 aliphatic heterocycles. The van der Waals surface area contributed by atoms with E-state index in [2.05, 4.69) is 5.32 Å². The molecule has 1 unspecified atom stereocenters. The van der Waals surface area contributed by atoms with Crippen molar-refractivity contribution in [2.24, 2.45) is 0 Å². The molecule has 0 bridgehead atoms. The average Bonchev–Trinajstić information content (AvgIpc) is 2.57. The predicted molar refractivity (Wildman–Crippen MR) is 110 cm³/mol. The number of nitrogens with zero attached hydrogens (tertiary/aromatic N) is 1. The van der Waals surface area contributed by atoms with Crippen LogP contribution in [0.1, 0.15) is 42.5 Å². The summed E-state index contributed by atoms with van der Waals surface area (Å²) in [6, 6.07) is 15.4. The van der Waals surface area contributed by atoms with Crippen LogP contribution in [0.2, 0.25) is 0 Å². The lowest BCUT2D eigenvalue weighted by atomic mass is 10.1. The summed E-state index contributed by atoms with van der Waals surface area (Å²) in [5, 5.41) is 2.96. The first kappa shape index (κ1) is 21.0. The zero-order valence-corrected chi connectivity index (χ0v) is 17.2. The maximum atomic E-state index is 12.2. The molecule has 0 saturated carbocycles. The van der Waals surface area contributed by atoms with E-state index in [9.17, 15) is 13.2 Å². The van der Waals surface area contributed by atoms with Crippen LogP contribution in [0, 0.1) is 13.8 Å². The van der Waals surface area contributed by atoms with Crippen LogP contribution in [0.3, 0.4) is 0 Å². The Labute approximate surface area is 162 Å². The van der Waals surface area contributed by atoms with Crippen molar-refractivity contribution in [1.82, 2.24) is 5.32 Å². The van der Waals surface area contributed by atoms with Crippen LogP contribution in [-0.2, 0) is 14.8 Å². The number of carbonyl (C=O) groups is 1. The molecular weight excluding hydrogens is 360 g/mol. The van der Waals surface area contributed by atoms with Gasteiger partial charge in [0.05, 0.1) is 18.0 Å². The van der Waals surface area contributed by atoms with Crippen molar-refractivity contribution < 1.29 is 13.2 Å². The molecule has 2 aromatic carbocycles. The molecule has 2 rings (SSSR count). The van der Waals surface area contributed by atoms with Crippen LogP contribution >= 0.6 is 0 Å². The van der Waals surface area contributed by atoms with Gasteiger partial charge in [-0.15, -0.1) is 0 Å². The number of aryl methyl sites for hydroxylation is 2. The lowest BCUT2D eigenvalue weighted by Gasteiger charge is -2.23. The standard InChI is InChI=1S/C21H28N2O3S/c1-16-13-17(2)15-20(14-16)23(27(4,25)26)12-8-11-21(24)22-18(3)19-9-6-5-7-10-19/h5-7,9-10,13-15,18H,8,11-12H2,1-4H3,(H,22,24). The Morgan fingerprint density at radius 1 is 1.07 bits per heavy atom. The molecule has 0 spiro atoms. The highest BCUT2D eigenvalue weighted by molar-refractivity contribution is 7.92. The van der Waals surface area contributed by atoms with E-state index in [1.54, 1.807) is 0 Å². The van der Waals surface area contributed by atoms with E-state index in [0.29, 0.717) is 12.1 Å². The van der Waals surface area contributed by atoms with Gasteiger partial charge in [-0.05, 0) is 56.0 Å². The molecule has 0 aliphatic rings. The van der Waals surface area contributed by atoms with E-state index in [-0.39, 0.29) is 24.9 Å². The molecular formula is C21H28N2O3S. The van der Waals surface area contributed by atoms with Crippen LogP contribution in [0.5, 0.6) is 0 Å². The van der Waals surface area contributed by atoms with E-state index in [4.69, 9.17) is 0 Å². The summed E-state index contributed by atoms with van der Waals surface area (Å²) in [7, 11) is -3.41. The minimum Gasteiger partial charge on any atom is -0.350 e. The number of hydrogen-bond donors (Lipinski definition) is 1. The van der Waals surface area contributed by atoms with Crippen LogP contribution in [-0.4, -0.2) is 27.1 Å². The summed E-state index contributed by atoms with van der Waals surface area (Å²) in [6.45, 7) is 6.09. The predicted octanol–water partition coefficient (Wildman–Crippen LogP) is 3.73. The highest BCUT2D eigenvalue weighted by Crippen LogP contribution is 2.22. The molecule has 0 fully saturated rings. The van der Waals surface area contributed by atoms with E-state index in [0.717, 1.165) is 16.7 Å². The Morgan fingerprint density at radius 2 is 1.67 bits per heavy atom. The molecule has 1 atom stereocenters. The Balaban J connectivity index is 1.96. The Morgan fingerprint density at radius 3 is 2.22 bits per heavy atom. The molecule has 0 aliphatic carbocycles. The smallest absolute Gasteiger partial charge is 0.232 e. The highest BCUT2D eigenvalue weighted by atomic mass is 32.2. The molecule has 0 aromatic heterocycles. The monoisotopic (exact) mass is 388 g/mol. The third-order valence-corrected chi connectivity index (χ3v) is 5.53. The molecule has 0 saturated heterocycles. The van der Waals surface area contributed by atoms with Gasteiger partial charge in [-0.2, -0.15) is 0 Å². The highest BCUT2D eigenvalue weighted by Gasteiger charge is 2.18. The Bertz CT molecular complexity index is 859. The number of amides is 1. The second-order valence-corrected chi connectivity index (χ2v) is 8.89. The Hall–Kier alpha value is -2.34. The second-order valence-electron chi connectivity index (χ2n) is 6.98. The number of rotatable bonds is 8. The van der Waals surface area contributed by atoms with E-state index >= 15 is 0 Å². The maximum absolute atomic E-state index is 12.2. The lowest BCUT2D eigenvalue weighted by molar-refractivity contribution is -0.121. The summed E-state index contributed by atoms with van der Waals surface area (Å²) in [5.74, 6) is -0.0831. The summed E-state index contributed by atoms with van der Waals surface area (Å²) in [4.78, 5) is 12.2. The van der Waals surface area contributed by atoms with Gasteiger partial charge in [-0.3, -0.25) is 9.10 Å². The number of nitrogens with one attached hydrogen (secondary N) is 1. The molecule has 2 aromatic rings. The van der Waals surface area contributed by atoms with Crippen molar-refractivity contribution in [3.63, 3.8) is 0 Å². The number of benzene rings is 2. The van der Waals surface area contributed by atoms with E-state index < -0.39 is 10.0 Å². The van der Waals surface area contributed by atoms with Crippen LogP contribution < -0.4 is 9.62 Å². The average molecular weight is 389 g/mol. The van der Waals surface area contributed by atoms with E-state index in [1.807, 2.05) is 69.3 Å². The first-order valence-electron chi connectivity index (χ1n) is 9.07. The molecule has 0 heterocycles. The van der Waals surface area contributed by atoms with Crippen molar-refractivity contribution in [1.29, 1.82) is 0 Å². The van der Waals surface area contributed by atoms with Crippen LogP contribution in [0.4, 0.5) is 5.69 Å². The lowest BCUT2D eigenvalue weighted by Crippen LogP contribution is -2.32. The molecule has 6 heteroatoms. The minimum absolute atomic E-state index is 0.0795. The zero-order chi connectivity index (χ0) is 20.0. The van der Waals surface area contributed by atoms with Gasteiger partial charge in [-0.1, -0.05) is 36.4 Å². The van der Waals surface area contributed by atoms with Crippen molar-refractivity contribution >= 4 is 21.6 Å². The first-order valence-corrected chi connectivity index (χ1v) is 10.9. The van der Waals surface area contributed by atoms with Crippen molar-refractivity contribution in [3.8, 4) is 0 Å². The van der Waals surface area contributed by atoms with E-state index in [1.165, 1.54) is 10.6 Å². The first-order chi connectivity index (χ1) is 12.7. The van der Waals surface area contributed by atoms with Crippen molar-refractivity contribution in [3.05, 3.63) is 65.2 Å². The topological polar surface area (TPSA) is 66.5 Å². The largest absolute Gasteiger partial charge is 0.350 e. The van der Waals surface area contributed by atoms with Crippen LogP contribution in [0.15, 0.2) is 48.5 Å². The van der Waals surface area contributed by atoms with Gasteiger partial charge in [0.2, 0.25) is 15.9 Å². The number of hydrogen-bond acceptors (Lipinski definition) is 3. The maximum Gasteiger partial charge on any atom is 0.232 e. The summed E-state index contributed by atoms with van der Waals surface area (Å²) in [5.41, 5.74) is 3.70. The van der Waals surface area contributed by atoms with Crippen molar-refractivity contribution in [2.75, 3.05) is 17.1 Å². The van der Waals surface area contributed by atoms with Gasteiger partial charge >= 0.3 is 0 Å². The summed E-state index contributed by atoms with van der Waals surface area (Å²) in [6.07, 6.45) is 1.92. The molecule has 5 nitrogen and oxygen atoms in total. The summed E-state index contributed by atoms with van der Waals surface area (Å²) >= 11 is 0. The fraction of sp³-hybridized carbons (Fsp3) is 0.381. The Kier molecular flexibility index (Phi) is 7.02. The fourth-order valence-electron chi connectivity index (χ4n) is 3.10. The third-order valence-electron chi connectivity index (χ3n) is 4.34.